The molecule has 1 aromatic rings. The van der Waals surface area contributed by atoms with Gasteiger partial charge in [0, 0.05) is 37.4 Å². The number of likely N-dealkylation sites (N-methyl/N-ethyl adjacent to an activating group) is 1. The van der Waals surface area contributed by atoms with E-state index in [1.165, 1.54) is 5.56 Å². The first kappa shape index (κ1) is 17.4. The first-order chi connectivity index (χ1) is 9.58. The SMILES string of the molecule is CCCNCc1ccc(N(C)CC(O)COC)cc1Br. The molecule has 0 aliphatic rings. The number of hydrogen-bond donors (Lipinski definition) is 2. The van der Waals surface area contributed by atoms with Gasteiger partial charge in [-0.3, -0.25) is 0 Å². The van der Waals surface area contributed by atoms with Gasteiger partial charge in [0.2, 0.25) is 0 Å². The van der Waals surface area contributed by atoms with Gasteiger partial charge in [-0.15, -0.1) is 0 Å². The molecule has 1 aromatic carbocycles. The number of halogens is 1. The summed E-state index contributed by atoms with van der Waals surface area (Å²) < 4.78 is 6.03. The van der Waals surface area contributed by atoms with Crippen LogP contribution in [0.1, 0.15) is 18.9 Å². The Bertz CT molecular complexity index is 401. The number of ether oxygens (including phenoxy) is 1. The summed E-state index contributed by atoms with van der Waals surface area (Å²) in [4.78, 5) is 2.03. The molecule has 0 saturated heterocycles. The minimum Gasteiger partial charge on any atom is -0.389 e. The fourth-order valence-electron chi connectivity index (χ4n) is 1.98. The van der Waals surface area contributed by atoms with Crippen LogP contribution < -0.4 is 10.2 Å². The molecule has 114 valence electrons. The Morgan fingerprint density at radius 3 is 2.80 bits per heavy atom. The van der Waals surface area contributed by atoms with E-state index in [1.807, 2.05) is 11.9 Å². The number of anilines is 1. The molecule has 0 aliphatic carbocycles. The number of aliphatic hydroxyl groups is 1. The zero-order chi connectivity index (χ0) is 15.0. The van der Waals surface area contributed by atoms with Crippen LogP contribution in [0.4, 0.5) is 5.69 Å². The van der Waals surface area contributed by atoms with Crippen molar-refractivity contribution in [1.29, 1.82) is 0 Å². The largest absolute Gasteiger partial charge is 0.389 e. The summed E-state index contributed by atoms with van der Waals surface area (Å²) in [5, 5.41) is 13.1. The molecule has 0 spiro atoms. The smallest absolute Gasteiger partial charge is 0.0947 e. The van der Waals surface area contributed by atoms with Crippen LogP contribution in [-0.4, -0.2) is 45.1 Å². The zero-order valence-corrected chi connectivity index (χ0v) is 14.1. The fraction of sp³-hybridized carbons (Fsp3) is 0.600. The summed E-state index contributed by atoms with van der Waals surface area (Å²) >= 11 is 3.61. The van der Waals surface area contributed by atoms with Crippen molar-refractivity contribution in [1.82, 2.24) is 5.32 Å². The lowest BCUT2D eigenvalue weighted by Crippen LogP contribution is -2.31. The van der Waals surface area contributed by atoms with E-state index in [0.29, 0.717) is 13.2 Å². The number of benzene rings is 1. The second-order valence-electron chi connectivity index (χ2n) is 4.94. The van der Waals surface area contributed by atoms with Crippen LogP contribution in [0, 0.1) is 0 Å². The van der Waals surface area contributed by atoms with Gasteiger partial charge < -0.3 is 20.1 Å². The molecule has 5 heteroatoms. The van der Waals surface area contributed by atoms with Crippen LogP contribution in [0.15, 0.2) is 22.7 Å². The van der Waals surface area contributed by atoms with Crippen LogP contribution >= 0.6 is 15.9 Å². The normalized spacial score (nSPS) is 12.4. The predicted molar refractivity (Wildman–Crippen MR) is 87.3 cm³/mol. The molecular weight excluding hydrogens is 320 g/mol. The molecule has 0 amide bonds. The summed E-state index contributed by atoms with van der Waals surface area (Å²) in [6.07, 6.45) is 0.658. The van der Waals surface area contributed by atoms with Crippen molar-refractivity contribution in [3.05, 3.63) is 28.2 Å². The lowest BCUT2D eigenvalue weighted by atomic mass is 10.2. The molecule has 0 aromatic heterocycles. The lowest BCUT2D eigenvalue weighted by molar-refractivity contribution is 0.0695. The van der Waals surface area contributed by atoms with Gasteiger partial charge in [0.05, 0.1) is 12.7 Å². The highest BCUT2D eigenvalue weighted by Gasteiger charge is 2.10. The lowest BCUT2D eigenvalue weighted by Gasteiger charge is -2.23. The van der Waals surface area contributed by atoms with E-state index in [2.05, 4.69) is 46.4 Å². The van der Waals surface area contributed by atoms with E-state index < -0.39 is 6.10 Å². The molecule has 1 unspecified atom stereocenters. The minimum absolute atomic E-state index is 0.352. The molecule has 20 heavy (non-hydrogen) atoms. The van der Waals surface area contributed by atoms with Crippen molar-refractivity contribution < 1.29 is 9.84 Å². The number of methoxy groups -OCH3 is 1. The van der Waals surface area contributed by atoms with Gasteiger partial charge in [-0.25, -0.2) is 0 Å². The number of nitrogens with zero attached hydrogens (tertiary/aromatic N) is 1. The average Bonchev–Trinajstić information content (AvgIpc) is 2.41. The highest BCUT2D eigenvalue weighted by Crippen LogP contribution is 2.23. The van der Waals surface area contributed by atoms with Gasteiger partial charge in [0.15, 0.2) is 0 Å². The number of rotatable bonds is 9. The van der Waals surface area contributed by atoms with Crippen molar-refractivity contribution in [2.45, 2.75) is 26.0 Å². The topological polar surface area (TPSA) is 44.7 Å². The second-order valence-corrected chi connectivity index (χ2v) is 5.80. The Balaban J connectivity index is 2.61. The summed E-state index contributed by atoms with van der Waals surface area (Å²) in [6.45, 7) is 4.95. The van der Waals surface area contributed by atoms with Crippen molar-refractivity contribution in [3.63, 3.8) is 0 Å². The van der Waals surface area contributed by atoms with Crippen LogP contribution in [0.25, 0.3) is 0 Å². The van der Waals surface area contributed by atoms with E-state index in [0.717, 1.165) is 29.7 Å². The van der Waals surface area contributed by atoms with E-state index in [-0.39, 0.29) is 0 Å². The minimum atomic E-state index is -0.477. The van der Waals surface area contributed by atoms with Gasteiger partial charge in [0.1, 0.15) is 0 Å². The van der Waals surface area contributed by atoms with E-state index in [9.17, 15) is 5.11 Å². The zero-order valence-electron chi connectivity index (χ0n) is 12.5. The second kappa shape index (κ2) is 9.34. The summed E-state index contributed by atoms with van der Waals surface area (Å²) in [5.41, 5.74) is 2.32. The third-order valence-corrected chi connectivity index (χ3v) is 3.80. The number of nitrogens with one attached hydrogen (secondary N) is 1. The number of hydrogen-bond acceptors (Lipinski definition) is 4. The number of aliphatic hydroxyl groups excluding tert-OH is 1. The van der Waals surface area contributed by atoms with Crippen molar-refractivity contribution in [2.24, 2.45) is 0 Å². The quantitative estimate of drug-likeness (QED) is 0.675. The van der Waals surface area contributed by atoms with Crippen LogP contribution in [0.2, 0.25) is 0 Å². The Labute approximate surface area is 130 Å². The first-order valence-corrected chi connectivity index (χ1v) is 7.75. The predicted octanol–water partition coefficient (Wildman–Crippen LogP) is 2.39. The van der Waals surface area contributed by atoms with Crippen LogP contribution in [-0.2, 0) is 11.3 Å². The fourth-order valence-corrected chi connectivity index (χ4v) is 2.49. The molecule has 0 saturated carbocycles. The maximum atomic E-state index is 9.76. The maximum absolute atomic E-state index is 9.76. The monoisotopic (exact) mass is 344 g/mol. The molecule has 0 aliphatic heterocycles. The Morgan fingerprint density at radius 2 is 2.20 bits per heavy atom. The van der Waals surface area contributed by atoms with Gasteiger partial charge in [-0.2, -0.15) is 0 Å². The van der Waals surface area contributed by atoms with E-state index in [4.69, 9.17) is 4.74 Å². The molecule has 1 rings (SSSR count). The van der Waals surface area contributed by atoms with Gasteiger partial charge in [-0.05, 0) is 30.7 Å². The maximum Gasteiger partial charge on any atom is 0.0947 e. The van der Waals surface area contributed by atoms with Crippen LogP contribution in [0.5, 0.6) is 0 Å². The van der Waals surface area contributed by atoms with Crippen molar-refractivity contribution in [3.8, 4) is 0 Å². The molecule has 0 heterocycles. The van der Waals surface area contributed by atoms with Gasteiger partial charge in [0.25, 0.3) is 0 Å². The molecule has 0 fully saturated rings. The molecule has 1 atom stereocenters. The summed E-state index contributed by atoms with van der Waals surface area (Å²) in [6, 6.07) is 6.27. The molecule has 2 N–H and O–H groups in total. The van der Waals surface area contributed by atoms with Crippen LogP contribution in [0.3, 0.4) is 0 Å². The van der Waals surface area contributed by atoms with E-state index >= 15 is 0 Å². The Hall–Kier alpha value is -0.620. The molecule has 4 nitrogen and oxygen atoms in total. The molecule has 0 bridgehead atoms. The molecule has 0 radical (unpaired) electrons. The van der Waals surface area contributed by atoms with Gasteiger partial charge >= 0.3 is 0 Å². The first-order valence-electron chi connectivity index (χ1n) is 6.95. The highest BCUT2D eigenvalue weighted by atomic mass is 79.9. The van der Waals surface area contributed by atoms with Gasteiger partial charge in [-0.1, -0.05) is 28.9 Å². The Morgan fingerprint density at radius 1 is 1.45 bits per heavy atom. The third-order valence-electron chi connectivity index (χ3n) is 3.06. The summed E-state index contributed by atoms with van der Waals surface area (Å²) in [7, 11) is 3.56. The standard InChI is InChI=1S/C15H25BrN2O2/c1-4-7-17-9-12-5-6-13(8-15(12)16)18(2)10-14(19)11-20-3/h5-6,8,14,17,19H,4,7,9-11H2,1-3H3. The average molecular weight is 345 g/mol. The summed E-state index contributed by atoms with van der Waals surface area (Å²) in [5.74, 6) is 0. The van der Waals surface area contributed by atoms with E-state index in [1.54, 1.807) is 7.11 Å². The molecular formula is C15H25BrN2O2. The van der Waals surface area contributed by atoms with Crippen molar-refractivity contribution >= 4 is 21.6 Å². The third kappa shape index (κ3) is 5.79. The van der Waals surface area contributed by atoms with Crippen molar-refractivity contribution in [2.75, 3.05) is 38.8 Å². The highest BCUT2D eigenvalue weighted by molar-refractivity contribution is 9.10. The Kier molecular flexibility index (Phi) is 8.14.